The molecule has 1 aromatic rings. The fourth-order valence-corrected chi connectivity index (χ4v) is 1.92. The van der Waals surface area contributed by atoms with Crippen molar-refractivity contribution in [2.24, 2.45) is 5.41 Å². The van der Waals surface area contributed by atoms with Crippen molar-refractivity contribution in [3.63, 3.8) is 0 Å². The zero-order valence-corrected chi connectivity index (χ0v) is 12.4. The SMILES string of the molecule is CCC(CCC(C)(C)CC)OCc1ccccc1. The summed E-state index contributed by atoms with van der Waals surface area (Å²) in [5.41, 5.74) is 1.72. The summed E-state index contributed by atoms with van der Waals surface area (Å²) in [6.45, 7) is 9.92. The van der Waals surface area contributed by atoms with E-state index in [1.165, 1.54) is 24.8 Å². The summed E-state index contributed by atoms with van der Waals surface area (Å²) in [4.78, 5) is 0. The van der Waals surface area contributed by atoms with Crippen LogP contribution in [0.2, 0.25) is 0 Å². The molecule has 1 aromatic carbocycles. The molecule has 1 nitrogen and oxygen atoms in total. The Morgan fingerprint density at radius 2 is 1.78 bits per heavy atom. The molecule has 0 amide bonds. The summed E-state index contributed by atoms with van der Waals surface area (Å²) in [6.07, 6.45) is 5.16. The Bertz CT molecular complexity index is 316. The van der Waals surface area contributed by atoms with Crippen molar-refractivity contribution < 1.29 is 4.74 Å². The van der Waals surface area contributed by atoms with Crippen LogP contribution in [0.4, 0.5) is 0 Å². The van der Waals surface area contributed by atoms with Crippen LogP contribution in [0.3, 0.4) is 0 Å². The molecule has 1 unspecified atom stereocenters. The molecule has 0 fully saturated rings. The smallest absolute Gasteiger partial charge is 0.0720 e. The molecule has 0 bridgehead atoms. The van der Waals surface area contributed by atoms with Crippen molar-refractivity contribution in [2.75, 3.05) is 0 Å². The van der Waals surface area contributed by atoms with Crippen LogP contribution in [0.1, 0.15) is 58.9 Å². The Balaban J connectivity index is 2.34. The van der Waals surface area contributed by atoms with Gasteiger partial charge < -0.3 is 4.74 Å². The lowest BCUT2D eigenvalue weighted by Gasteiger charge is -2.25. The van der Waals surface area contributed by atoms with Gasteiger partial charge in [-0.3, -0.25) is 0 Å². The molecule has 0 spiro atoms. The second kappa shape index (κ2) is 7.58. The molecule has 0 saturated heterocycles. The summed E-state index contributed by atoms with van der Waals surface area (Å²) >= 11 is 0. The van der Waals surface area contributed by atoms with Crippen molar-refractivity contribution in [3.8, 4) is 0 Å². The predicted molar refractivity (Wildman–Crippen MR) is 78.6 cm³/mol. The summed E-state index contributed by atoms with van der Waals surface area (Å²) in [6, 6.07) is 10.4. The van der Waals surface area contributed by atoms with E-state index >= 15 is 0 Å². The van der Waals surface area contributed by atoms with Gasteiger partial charge in [0, 0.05) is 0 Å². The first-order chi connectivity index (χ1) is 8.57. The minimum absolute atomic E-state index is 0.399. The fourth-order valence-electron chi connectivity index (χ4n) is 1.92. The quantitative estimate of drug-likeness (QED) is 0.614. The number of ether oxygens (including phenoxy) is 1. The van der Waals surface area contributed by atoms with Gasteiger partial charge >= 0.3 is 0 Å². The van der Waals surface area contributed by atoms with Crippen LogP contribution in [0.15, 0.2) is 30.3 Å². The van der Waals surface area contributed by atoms with Crippen molar-refractivity contribution in [2.45, 2.75) is 66.1 Å². The van der Waals surface area contributed by atoms with Gasteiger partial charge in [-0.15, -0.1) is 0 Å². The predicted octanol–water partition coefficient (Wildman–Crippen LogP) is 5.20. The van der Waals surface area contributed by atoms with Gasteiger partial charge in [-0.1, -0.05) is 64.4 Å². The van der Waals surface area contributed by atoms with Crippen molar-refractivity contribution >= 4 is 0 Å². The van der Waals surface area contributed by atoms with Gasteiger partial charge in [0.1, 0.15) is 0 Å². The Morgan fingerprint density at radius 1 is 1.11 bits per heavy atom. The largest absolute Gasteiger partial charge is 0.374 e. The molecule has 1 atom stereocenters. The van der Waals surface area contributed by atoms with Crippen LogP contribution >= 0.6 is 0 Å². The van der Waals surface area contributed by atoms with Crippen molar-refractivity contribution in [3.05, 3.63) is 35.9 Å². The summed E-state index contributed by atoms with van der Waals surface area (Å²) in [5.74, 6) is 0. The lowest BCUT2D eigenvalue weighted by molar-refractivity contribution is 0.0244. The third-order valence-corrected chi connectivity index (χ3v) is 3.88. The molecule has 1 rings (SSSR count). The minimum Gasteiger partial charge on any atom is -0.374 e. The molecule has 0 N–H and O–H groups in total. The molecule has 102 valence electrons. The van der Waals surface area contributed by atoms with Gasteiger partial charge in [0.25, 0.3) is 0 Å². The molecule has 0 aliphatic rings. The lowest BCUT2D eigenvalue weighted by Crippen LogP contribution is -2.17. The van der Waals surface area contributed by atoms with E-state index in [4.69, 9.17) is 4.74 Å². The maximum atomic E-state index is 6.02. The summed E-state index contributed by atoms with van der Waals surface area (Å²) in [5, 5.41) is 0. The third kappa shape index (κ3) is 5.68. The van der Waals surface area contributed by atoms with E-state index in [9.17, 15) is 0 Å². The molecule has 1 heteroatoms. The number of hydrogen-bond donors (Lipinski definition) is 0. The van der Waals surface area contributed by atoms with E-state index in [1.807, 2.05) is 6.07 Å². The number of hydrogen-bond acceptors (Lipinski definition) is 1. The average molecular weight is 248 g/mol. The van der Waals surface area contributed by atoms with Crippen LogP contribution in [0, 0.1) is 5.41 Å². The van der Waals surface area contributed by atoms with Gasteiger partial charge in [-0.25, -0.2) is 0 Å². The molecule has 0 saturated carbocycles. The fraction of sp³-hybridized carbons (Fsp3) is 0.647. The highest BCUT2D eigenvalue weighted by Crippen LogP contribution is 2.28. The van der Waals surface area contributed by atoms with Crippen LogP contribution < -0.4 is 0 Å². The Labute approximate surface area is 113 Å². The first kappa shape index (κ1) is 15.2. The topological polar surface area (TPSA) is 9.23 Å². The Hall–Kier alpha value is -0.820. The highest BCUT2D eigenvalue weighted by atomic mass is 16.5. The van der Waals surface area contributed by atoms with Gasteiger partial charge in [0.05, 0.1) is 12.7 Å². The van der Waals surface area contributed by atoms with Gasteiger partial charge in [0.2, 0.25) is 0 Å². The summed E-state index contributed by atoms with van der Waals surface area (Å²) in [7, 11) is 0. The van der Waals surface area contributed by atoms with Crippen molar-refractivity contribution in [1.29, 1.82) is 0 Å². The molecule has 0 aliphatic heterocycles. The highest BCUT2D eigenvalue weighted by molar-refractivity contribution is 5.13. The molecule has 0 aromatic heterocycles. The molecule has 0 radical (unpaired) electrons. The standard InChI is InChI=1S/C17H28O/c1-5-16(12-13-17(3,4)6-2)18-14-15-10-8-7-9-11-15/h7-11,16H,5-6,12-14H2,1-4H3. The van der Waals surface area contributed by atoms with Gasteiger partial charge in [-0.2, -0.15) is 0 Å². The second-order valence-corrected chi connectivity index (χ2v) is 5.88. The average Bonchev–Trinajstić information content (AvgIpc) is 2.40. The second-order valence-electron chi connectivity index (χ2n) is 5.88. The normalized spacial score (nSPS) is 13.6. The highest BCUT2D eigenvalue weighted by Gasteiger charge is 2.17. The van der Waals surface area contributed by atoms with E-state index in [2.05, 4.69) is 52.0 Å². The van der Waals surface area contributed by atoms with Crippen LogP contribution in [0.25, 0.3) is 0 Å². The van der Waals surface area contributed by atoms with E-state index in [0.29, 0.717) is 11.5 Å². The van der Waals surface area contributed by atoms with E-state index < -0.39 is 0 Å². The first-order valence-electron chi connectivity index (χ1n) is 7.23. The third-order valence-electron chi connectivity index (χ3n) is 3.88. The van der Waals surface area contributed by atoms with E-state index in [-0.39, 0.29) is 0 Å². The van der Waals surface area contributed by atoms with Gasteiger partial charge in [-0.05, 0) is 30.2 Å². The van der Waals surface area contributed by atoms with Crippen LogP contribution in [0.5, 0.6) is 0 Å². The first-order valence-corrected chi connectivity index (χ1v) is 7.23. The minimum atomic E-state index is 0.399. The van der Waals surface area contributed by atoms with E-state index in [0.717, 1.165) is 13.0 Å². The molecule has 0 heterocycles. The molecular formula is C17H28O. The lowest BCUT2D eigenvalue weighted by atomic mass is 9.84. The molecular weight excluding hydrogens is 220 g/mol. The van der Waals surface area contributed by atoms with Crippen LogP contribution in [-0.4, -0.2) is 6.10 Å². The monoisotopic (exact) mass is 248 g/mol. The van der Waals surface area contributed by atoms with Crippen molar-refractivity contribution in [1.82, 2.24) is 0 Å². The Morgan fingerprint density at radius 3 is 2.33 bits per heavy atom. The van der Waals surface area contributed by atoms with Gasteiger partial charge in [0.15, 0.2) is 0 Å². The maximum Gasteiger partial charge on any atom is 0.0720 e. The molecule has 18 heavy (non-hydrogen) atoms. The zero-order chi connectivity index (χ0) is 13.4. The Kier molecular flexibility index (Phi) is 6.42. The maximum absolute atomic E-state index is 6.02. The summed E-state index contributed by atoms with van der Waals surface area (Å²) < 4.78 is 6.02. The zero-order valence-electron chi connectivity index (χ0n) is 12.4. The number of benzene rings is 1. The molecule has 0 aliphatic carbocycles. The van der Waals surface area contributed by atoms with Crippen LogP contribution in [-0.2, 0) is 11.3 Å². The van der Waals surface area contributed by atoms with E-state index in [1.54, 1.807) is 0 Å². The number of rotatable bonds is 8.